The molecular weight excluding hydrogens is 214 g/mol. The second kappa shape index (κ2) is 6.74. The van der Waals surface area contributed by atoms with Crippen LogP contribution in [-0.4, -0.2) is 69.3 Å². The summed E-state index contributed by atoms with van der Waals surface area (Å²) in [6, 6.07) is 0. The van der Waals surface area contributed by atoms with E-state index < -0.39 is 0 Å². The van der Waals surface area contributed by atoms with Gasteiger partial charge < -0.3 is 19.3 Å². The number of hydrogen-bond donors (Lipinski definition) is 0. The third-order valence-corrected chi connectivity index (χ3v) is 2.52. The molecule has 0 aromatic heterocycles. The van der Waals surface area contributed by atoms with E-state index in [1.165, 1.54) is 5.01 Å². The molecule has 2 aliphatic rings. The molecule has 2 saturated heterocycles. The van der Waals surface area contributed by atoms with Crippen molar-refractivity contribution in [3.05, 3.63) is 10.1 Å². The van der Waals surface area contributed by atoms with E-state index in [0.29, 0.717) is 52.6 Å². The summed E-state index contributed by atoms with van der Waals surface area (Å²) in [7, 11) is 1.68. The first-order valence-electron chi connectivity index (χ1n) is 5.43. The summed E-state index contributed by atoms with van der Waals surface area (Å²) in [6.07, 6.45) is 0. The highest BCUT2D eigenvalue weighted by atomic mass is 16.6. The quantitative estimate of drug-likeness (QED) is 0.361. The van der Waals surface area contributed by atoms with Gasteiger partial charge in [0.1, 0.15) is 13.1 Å². The largest absolute Gasteiger partial charge is 0.633 e. The van der Waals surface area contributed by atoms with Crippen LogP contribution in [0.1, 0.15) is 0 Å². The topological polar surface area (TPSA) is 74.2 Å². The van der Waals surface area contributed by atoms with E-state index in [1.54, 1.807) is 7.05 Å². The van der Waals surface area contributed by atoms with Crippen molar-refractivity contribution in [2.45, 2.75) is 0 Å². The molecule has 0 unspecified atom stereocenters. The maximum absolute atomic E-state index is 11.0. The highest BCUT2D eigenvalue weighted by Gasteiger charge is 2.13. The number of quaternary nitrogens is 1. The molecule has 2 heterocycles. The van der Waals surface area contributed by atoms with Crippen LogP contribution in [-0.2, 0) is 9.47 Å². The number of ether oxygens (including phenoxy) is 2. The molecule has 0 aromatic carbocycles. The molecule has 7 nitrogen and oxygen atoms in total. The summed E-state index contributed by atoms with van der Waals surface area (Å²) in [6.45, 7) is 5.02. The first-order chi connectivity index (χ1) is 7.64. The first-order valence-corrected chi connectivity index (χ1v) is 5.43. The standard InChI is InChI=1S/C5H11NO2.C4H8N2O2/c1-6(7)2-4-8-5-3-6;7-5-6-1-3-8-4-2-6/h2-5H2,1H3;1-4H2. The van der Waals surface area contributed by atoms with Crippen molar-refractivity contribution >= 4 is 0 Å². The molecule has 0 saturated carbocycles. The zero-order valence-corrected chi connectivity index (χ0v) is 9.63. The summed E-state index contributed by atoms with van der Waals surface area (Å²) in [4.78, 5) is 9.78. The SMILES string of the molecule is C[N+]1([O-])CCOCC1.O=NN1CCOCC1. The van der Waals surface area contributed by atoms with E-state index in [4.69, 9.17) is 9.47 Å². The molecule has 0 atom stereocenters. The Balaban J connectivity index is 0.000000160. The fourth-order valence-electron chi connectivity index (χ4n) is 1.36. The lowest BCUT2D eigenvalue weighted by Crippen LogP contribution is -2.46. The molecule has 2 rings (SSSR count). The predicted octanol–water partition coefficient (Wildman–Crippen LogP) is -0.0390. The molecule has 0 aliphatic carbocycles. The Morgan fingerprint density at radius 2 is 1.62 bits per heavy atom. The molecule has 7 heteroatoms. The van der Waals surface area contributed by atoms with Gasteiger partial charge in [-0.15, -0.1) is 4.91 Å². The predicted molar refractivity (Wildman–Crippen MR) is 58.3 cm³/mol. The molecule has 94 valence electrons. The Morgan fingerprint density at radius 3 is 1.94 bits per heavy atom. The van der Waals surface area contributed by atoms with Gasteiger partial charge in [0.2, 0.25) is 0 Å². The van der Waals surface area contributed by atoms with Gasteiger partial charge in [-0.25, -0.2) is 0 Å². The average Bonchev–Trinajstić information content (AvgIpc) is 2.31. The van der Waals surface area contributed by atoms with Gasteiger partial charge in [0.25, 0.3) is 0 Å². The molecule has 0 amide bonds. The zero-order valence-electron chi connectivity index (χ0n) is 9.63. The minimum absolute atomic E-state index is 0.125. The Hall–Kier alpha value is -0.760. The molecule has 2 fully saturated rings. The van der Waals surface area contributed by atoms with Gasteiger partial charge in [-0.2, -0.15) is 0 Å². The summed E-state index contributed by atoms with van der Waals surface area (Å²) in [5, 5.41) is 15.2. The Bertz CT molecular complexity index is 199. The van der Waals surface area contributed by atoms with Crippen LogP contribution >= 0.6 is 0 Å². The Morgan fingerprint density at radius 1 is 1.12 bits per heavy atom. The molecular formula is C9H19N3O4. The number of rotatable bonds is 1. The fraction of sp³-hybridized carbons (Fsp3) is 1.00. The van der Waals surface area contributed by atoms with E-state index in [0.717, 1.165) is 0 Å². The van der Waals surface area contributed by atoms with E-state index in [-0.39, 0.29) is 4.65 Å². The minimum atomic E-state index is -0.125. The van der Waals surface area contributed by atoms with Gasteiger partial charge in [-0.05, 0) is 0 Å². The zero-order chi connectivity index (χ0) is 11.9. The maximum Gasteiger partial charge on any atom is 0.102 e. The van der Waals surface area contributed by atoms with Crippen LogP contribution in [0.5, 0.6) is 0 Å². The van der Waals surface area contributed by atoms with Gasteiger partial charge in [0, 0.05) is 0 Å². The Kier molecular flexibility index (Phi) is 5.61. The van der Waals surface area contributed by atoms with Crippen molar-refractivity contribution in [3.8, 4) is 0 Å². The molecule has 0 radical (unpaired) electrons. The van der Waals surface area contributed by atoms with Gasteiger partial charge in [0.15, 0.2) is 0 Å². The third-order valence-electron chi connectivity index (χ3n) is 2.52. The smallest absolute Gasteiger partial charge is 0.102 e. The maximum atomic E-state index is 11.0. The van der Waals surface area contributed by atoms with Crippen LogP contribution in [0.2, 0.25) is 0 Å². The van der Waals surface area contributed by atoms with Crippen LogP contribution < -0.4 is 0 Å². The van der Waals surface area contributed by atoms with Crippen molar-refractivity contribution in [3.63, 3.8) is 0 Å². The summed E-state index contributed by atoms with van der Waals surface area (Å²) in [5.74, 6) is 0. The fourth-order valence-corrected chi connectivity index (χ4v) is 1.36. The van der Waals surface area contributed by atoms with Crippen LogP contribution in [0, 0.1) is 10.1 Å². The molecule has 0 bridgehead atoms. The number of hydrogen-bond acceptors (Lipinski definition) is 5. The monoisotopic (exact) mass is 233 g/mol. The second-order valence-corrected chi connectivity index (χ2v) is 4.00. The average molecular weight is 233 g/mol. The molecule has 0 aromatic rings. The lowest BCUT2D eigenvalue weighted by atomic mass is 10.4. The van der Waals surface area contributed by atoms with E-state index in [2.05, 4.69) is 5.29 Å². The lowest BCUT2D eigenvalue weighted by Gasteiger charge is -2.41. The first kappa shape index (κ1) is 13.3. The number of likely N-dealkylation sites (N-methyl/N-ethyl adjacent to an activating group) is 1. The van der Waals surface area contributed by atoms with Crippen molar-refractivity contribution in [2.24, 2.45) is 5.29 Å². The summed E-state index contributed by atoms with van der Waals surface area (Å²) in [5.41, 5.74) is 0. The van der Waals surface area contributed by atoms with E-state index in [9.17, 15) is 10.1 Å². The van der Waals surface area contributed by atoms with Crippen molar-refractivity contribution in [1.29, 1.82) is 0 Å². The molecule has 0 N–H and O–H groups in total. The second-order valence-electron chi connectivity index (χ2n) is 4.00. The molecule has 2 aliphatic heterocycles. The number of nitroso groups, excluding NO2 is 1. The number of morpholine rings is 2. The lowest BCUT2D eigenvalue weighted by molar-refractivity contribution is -0.869. The normalized spacial score (nSPS) is 24.2. The van der Waals surface area contributed by atoms with Gasteiger partial charge in [0.05, 0.1) is 51.9 Å². The molecule has 0 spiro atoms. The van der Waals surface area contributed by atoms with Crippen LogP contribution in [0.25, 0.3) is 0 Å². The highest BCUT2D eigenvalue weighted by Crippen LogP contribution is 2.02. The minimum Gasteiger partial charge on any atom is -0.633 e. The van der Waals surface area contributed by atoms with Crippen LogP contribution in [0.3, 0.4) is 0 Å². The number of hydroxylamine groups is 3. The summed E-state index contributed by atoms with van der Waals surface area (Å²) < 4.78 is 9.83. The van der Waals surface area contributed by atoms with E-state index >= 15 is 0 Å². The van der Waals surface area contributed by atoms with Gasteiger partial charge >= 0.3 is 0 Å². The van der Waals surface area contributed by atoms with Crippen molar-refractivity contribution in [1.82, 2.24) is 5.01 Å². The van der Waals surface area contributed by atoms with Crippen molar-refractivity contribution in [2.75, 3.05) is 59.7 Å². The van der Waals surface area contributed by atoms with Crippen LogP contribution in [0.4, 0.5) is 0 Å². The van der Waals surface area contributed by atoms with E-state index in [1.807, 2.05) is 0 Å². The van der Waals surface area contributed by atoms with Crippen molar-refractivity contribution < 1.29 is 14.1 Å². The molecule has 16 heavy (non-hydrogen) atoms. The highest BCUT2D eigenvalue weighted by molar-refractivity contribution is 4.54. The summed E-state index contributed by atoms with van der Waals surface area (Å²) >= 11 is 0. The Labute approximate surface area is 95.0 Å². The number of nitrogens with zero attached hydrogens (tertiary/aromatic N) is 3. The van der Waals surface area contributed by atoms with Gasteiger partial charge in [-0.1, -0.05) is 0 Å². The van der Waals surface area contributed by atoms with Gasteiger partial charge in [-0.3, -0.25) is 5.01 Å². The third kappa shape index (κ3) is 5.36. The van der Waals surface area contributed by atoms with Crippen LogP contribution in [0.15, 0.2) is 5.29 Å².